The van der Waals surface area contributed by atoms with Crippen molar-refractivity contribution in [3.8, 4) is 5.75 Å². The molecule has 1 unspecified atom stereocenters. The highest BCUT2D eigenvalue weighted by Gasteiger charge is 2.42. The minimum absolute atomic E-state index is 0.249. The van der Waals surface area contributed by atoms with Crippen LogP contribution in [0.25, 0.3) is 0 Å². The van der Waals surface area contributed by atoms with Crippen molar-refractivity contribution in [2.24, 2.45) is 0 Å². The van der Waals surface area contributed by atoms with E-state index in [1.165, 1.54) is 0 Å². The van der Waals surface area contributed by atoms with E-state index in [2.05, 4.69) is 4.74 Å². The molecule has 20 heavy (non-hydrogen) atoms. The highest BCUT2D eigenvalue weighted by Crippen LogP contribution is 2.19. The lowest BCUT2D eigenvalue weighted by Crippen LogP contribution is -2.58. The summed E-state index contributed by atoms with van der Waals surface area (Å²) in [6.45, 7) is -0.526. The van der Waals surface area contributed by atoms with E-state index in [-0.39, 0.29) is 5.75 Å². The Morgan fingerprint density at radius 3 is 1.95 bits per heavy atom. The smallest absolute Gasteiger partial charge is 0.184 e. The van der Waals surface area contributed by atoms with Gasteiger partial charge in [0.05, 0.1) is 6.61 Å². The third-order valence-electron chi connectivity index (χ3n) is 2.76. The molecular weight excluding hydrogens is 270 g/mol. The fourth-order valence-corrected chi connectivity index (χ4v) is 1.56. The van der Waals surface area contributed by atoms with E-state index in [4.69, 9.17) is 36.4 Å². The molecule has 8 N–H and O–H groups in total. The summed E-state index contributed by atoms with van der Waals surface area (Å²) < 4.78 is 4.58. The summed E-state index contributed by atoms with van der Waals surface area (Å²) >= 11 is 0. The van der Waals surface area contributed by atoms with Crippen molar-refractivity contribution < 1.29 is 35.4 Å². The number of nitrogens with two attached hydrogens (primary N) is 1. The van der Waals surface area contributed by atoms with Gasteiger partial charge in [0, 0.05) is 5.69 Å². The highest BCUT2D eigenvalue weighted by atomic mass is 16.6. The summed E-state index contributed by atoms with van der Waals surface area (Å²) in [7, 11) is 0. The van der Waals surface area contributed by atoms with Crippen LogP contribution in [0.15, 0.2) is 24.3 Å². The standard InChI is InChI=1S/C6H7NO.C6H12O6/c7-5-1-3-6(8)4-2-5;7-1-2-3(8)4(9)5(10)6(11)12-2/h1-4,8H,7H2;2-11H,1H2/t;2-,3-,4+,5+,6?/m.1/s1. The Morgan fingerprint density at radius 1 is 0.950 bits per heavy atom. The van der Waals surface area contributed by atoms with E-state index in [1.54, 1.807) is 24.3 Å². The van der Waals surface area contributed by atoms with Gasteiger partial charge in [0.25, 0.3) is 0 Å². The third kappa shape index (κ3) is 4.30. The number of ether oxygens (including phenoxy) is 1. The van der Waals surface area contributed by atoms with Crippen LogP contribution >= 0.6 is 0 Å². The molecule has 8 heteroatoms. The molecule has 1 aromatic carbocycles. The van der Waals surface area contributed by atoms with Crippen molar-refractivity contribution in [3.05, 3.63) is 24.3 Å². The molecule has 0 radical (unpaired) electrons. The van der Waals surface area contributed by atoms with Gasteiger partial charge in [0.15, 0.2) is 6.29 Å². The topological polar surface area (TPSA) is 157 Å². The SMILES string of the molecule is Nc1ccc(O)cc1.OC[C@H]1OC(O)[C@@H](O)[C@@H](O)[C@@H]1O. The fourth-order valence-electron chi connectivity index (χ4n) is 1.56. The largest absolute Gasteiger partial charge is 0.508 e. The zero-order chi connectivity index (χ0) is 15.3. The first-order valence-corrected chi connectivity index (χ1v) is 5.90. The third-order valence-corrected chi connectivity index (χ3v) is 2.76. The van der Waals surface area contributed by atoms with Gasteiger partial charge < -0.3 is 41.1 Å². The van der Waals surface area contributed by atoms with Gasteiger partial charge in [-0.3, -0.25) is 0 Å². The molecule has 0 saturated carbocycles. The Bertz CT molecular complexity index is 374. The minimum Gasteiger partial charge on any atom is -0.508 e. The summed E-state index contributed by atoms with van der Waals surface area (Å²) in [5.41, 5.74) is 5.98. The number of phenolic OH excluding ortho intramolecular Hbond substituents is 1. The zero-order valence-electron chi connectivity index (χ0n) is 10.6. The van der Waals surface area contributed by atoms with E-state index in [1.807, 2.05) is 0 Å². The fraction of sp³-hybridized carbons (Fsp3) is 0.500. The maximum absolute atomic E-state index is 9.12. The van der Waals surface area contributed by atoms with Crippen molar-refractivity contribution in [1.82, 2.24) is 0 Å². The molecule has 0 aromatic heterocycles. The van der Waals surface area contributed by atoms with Gasteiger partial charge in [-0.2, -0.15) is 0 Å². The zero-order valence-corrected chi connectivity index (χ0v) is 10.6. The van der Waals surface area contributed by atoms with Crippen LogP contribution in [0.3, 0.4) is 0 Å². The van der Waals surface area contributed by atoms with Gasteiger partial charge in [-0.15, -0.1) is 0 Å². The second-order valence-corrected chi connectivity index (χ2v) is 4.31. The molecule has 1 aliphatic heterocycles. The molecule has 5 atom stereocenters. The Kier molecular flexibility index (Phi) is 6.14. The van der Waals surface area contributed by atoms with Crippen molar-refractivity contribution in [2.75, 3.05) is 12.3 Å². The van der Waals surface area contributed by atoms with Crippen molar-refractivity contribution in [2.45, 2.75) is 30.7 Å². The van der Waals surface area contributed by atoms with E-state index < -0.39 is 37.3 Å². The molecule has 0 aliphatic carbocycles. The van der Waals surface area contributed by atoms with E-state index >= 15 is 0 Å². The number of nitrogen functional groups attached to an aromatic ring is 1. The lowest BCUT2D eigenvalue weighted by Gasteiger charge is -2.37. The van der Waals surface area contributed by atoms with Crippen molar-refractivity contribution in [3.63, 3.8) is 0 Å². The van der Waals surface area contributed by atoms with Crippen LogP contribution in [-0.4, -0.2) is 68.0 Å². The van der Waals surface area contributed by atoms with Crippen LogP contribution < -0.4 is 5.73 Å². The van der Waals surface area contributed by atoms with Gasteiger partial charge in [0.1, 0.15) is 30.2 Å². The lowest BCUT2D eigenvalue weighted by molar-refractivity contribution is -0.286. The number of rotatable bonds is 1. The van der Waals surface area contributed by atoms with Gasteiger partial charge in [-0.25, -0.2) is 0 Å². The van der Waals surface area contributed by atoms with Crippen LogP contribution in [0.4, 0.5) is 5.69 Å². The summed E-state index contributed by atoms with van der Waals surface area (Å²) in [6.07, 6.45) is -7.04. The normalized spacial score (nSPS) is 33.1. The molecular formula is C12H19NO7. The molecule has 2 rings (SSSR count). The molecule has 1 heterocycles. The number of phenols is 1. The summed E-state index contributed by atoms with van der Waals surface area (Å²) in [6, 6.07) is 6.40. The molecule has 114 valence electrons. The van der Waals surface area contributed by atoms with E-state index in [0.29, 0.717) is 5.69 Å². The first-order valence-electron chi connectivity index (χ1n) is 5.90. The Balaban J connectivity index is 0.000000217. The predicted molar refractivity (Wildman–Crippen MR) is 68.5 cm³/mol. The van der Waals surface area contributed by atoms with Gasteiger partial charge >= 0.3 is 0 Å². The Morgan fingerprint density at radius 2 is 1.50 bits per heavy atom. The molecule has 1 aromatic rings. The van der Waals surface area contributed by atoms with Gasteiger partial charge in [0.2, 0.25) is 0 Å². The molecule has 0 spiro atoms. The van der Waals surface area contributed by atoms with Crippen molar-refractivity contribution >= 4 is 5.69 Å². The first kappa shape index (κ1) is 16.6. The van der Waals surface area contributed by atoms with E-state index in [0.717, 1.165) is 0 Å². The minimum atomic E-state index is -1.57. The van der Waals surface area contributed by atoms with Crippen LogP contribution in [-0.2, 0) is 4.74 Å². The predicted octanol–water partition coefficient (Wildman–Crippen LogP) is -2.25. The highest BCUT2D eigenvalue weighted by molar-refractivity contribution is 5.40. The monoisotopic (exact) mass is 289 g/mol. The van der Waals surface area contributed by atoms with Gasteiger partial charge in [-0.1, -0.05) is 0 Å². The average molecular weight is 289 g/mol. The van der Waals surface area contributed by atoms with Crippen LogP contribution in [0, 0.1) is 0 Å². The molecule has 1 saturated heterocycles. The average Bonchev–Trinajstić information content (AvgIpc) is 2.44. The molecule has 8 nitrogen and oxygen atoms in total. The molecule has 0 amide bonds. The summed E-state index contributed by atoms with van der Waals surface area (Å²) in [4.78, 5) is 0. The van der Waals surface area contributed by atoms with Gasteiger partial charge in [-0.05, 0) is 24.3 Å². The number of hydrogen-bond donors (Lipinski definition) is 7. The number of benzene rings is 1. The number of hydrogen-bond acceptors (Lipinski definition) is 8. The maximum Gasteiger partial charge on any atom is 0.184 e. The Labute approximate surface area is 115 Å². The first-order chi connectivity index (χ1) is 9.36. The lowest BCUT2D eigenvalue weighted by atomic mass is 10.00. The number of aliphatic hydroxyl groups is 5. The quantitative estimate of drug-likeness (QED) is 0.226. The Hall–Kier alpha value is -1.42. The second-order valence-electron chi connectivity index (χ2n) is 4.31. The molecule has 1 fully saturated rings. The number of aliphatic hydroxyl groups excluding tert-OH is 5. The van der Waals surface area contributed by atoms with Crippen molar-refractivity contribution in [1.29, 1.82) is 0 Å². The number of anilines is 1. The van der Waals surface area contributed by atoms with Crippen LogP contribution in [0.1, 0.15) is 0 Å². The number of aromatic hydroxyl groups is 1. The summed E-state index contributed by atoms with van der Waals surface area (Å²) in [5, 5.41) is 53.4. The molecule has 0 bridgehead atoms. The second kappa shape index (κ2) is 7.39. The molecule has 1 aliphatic rings. The van der Waals surface area contributed by atoms with E-state index in [9.17, 15) is 0 Å². The van der Waals surface area contributed by atoms with Crippen LogP contribution in [0.2, 0.25) is 0 Å². The summed E-state index contributed by atoms with van der Waals surface area (Å²) in [5.74, 6) is 0.249. The van der Waals surface area contributed by atoms with Crippen LogP contribution in [0.5, 0.6) is 5.75 Å². The maximum atomic E-state index is 9.12.